The summed E-state index contributed by atoms with van der Waals surface area (Å²) in [5.74, 6) is -0.303. The number of carbonyl (C=O) groups excluding carboxylic acids is 1. The van der Waals surface area contributed by atoms with Crippen LogP contribution in [0.25, 0.3) is 0 Å². The van der Waals surface area contributed by atoms with E-state index in [-0.39, 0.29) is 10.8 Å². The van der Waals surface area contributed by atoms with E-state index in [9.17, 15) is 13.2 Å². The van der Waals surface area contributed by atoms with Crippen molar-refractivity contribution in [1.29, 1.82) is 0 Å². The maximum atomic E-state index is 12.8. The van der Waals surface area contributed by atoms with Crippen molar-refractivity contribution in [1.82, 2.24) is 14.2 Å². The van der Waals surface area contributed by atoms with E-state index in [1.54, 1.807) is 0 Å². The summed E-state index contributed by atoms with van der Waals surface area (Å²) in [6, 6.07) is 16.4. The van der Waals surface area contributed by atoms with Gasteiger partial charge in [-0.3, -0.25) is 15.0 Å². The minimum absolute atomic E-state index is 0.175. The molecule has 0 bridgehead atoms. The van der Waals surface area contributed by atoms with Crippen molar-refractivity contribution >= 4 is 32.4 Å². The Hall–Kier alpha value is -2.63. The lowest BCUT2D eigenvalue weighted by molar-refractivity contribution is 0.0730. The van der Waals surface area contributed by atoms with Crippen molar-refractivity contribution in [3.63, 3.8) is 0 Å². The molecule has 0 aliphatic carbocycles. The number of hydrogen-bond acceptors (Lipinski definition) is 7. The maximum absolute atomic E-state index is 12.8. The van der Waals surface area contributed by atoms with Crippen LogP contribution in [0.15, 0.2) is 59.5 Å². The molecule has 0 saturated carbocycles. The third kappa shape index (κ3) is 5.06. The van der Waals surface area contributed by atoms with Crippen molar-refractivity contribution in [2.24, 2.45) is 0 Å². The molecule has 10 heteroatoms. The van der Waals surface area contributed by atoms with Gasteiger partial charge in [0.2, 0.25) is 10.0 Å². The standard InChI is InChI=1S/C24H26N4O4S2/c29-23(19-6-8-20(9-7-19)34(30,31)28-12-14-32-15-13-28)26-24-25-21-10-11-27(17-22(21)33-24)16-18-4-2-1-3-5-18/h1-9H,10-17H2,(H,25,26,29). The van der Waals surface area contributed by atoms with Gasteiger partial charge in [-0.05, 0) is 29.8 Å². The summed E-state index contributed by atoms with van der Waals surface area (Å²) in [4.78, 5) is 21.1. The number of ether oxygens (including phenoxy) is 1. The summed E-state index contributed by atoms with van der Waals surface area (Å²) in [6.45, 7) is 4.08. The van der Waals surface area contributed by atoms with Crippen LogP contribution in [0, 0.1) is 0 Å². The molecule has 34 heavy (non-hydrogen) atoms. The average molecular weight is 499 g/mol. The maximum Gasteiger partial charge on any atom is 0.257 e. The van der Waals surface area contributed by atoms with Crippen LogP contribution in [0.5, 0.6) is 0 Å². The Bertz CT molecular complexity index is 1250. The Morgan fingerprint density at radius 2 is 1.76 bits per heavy atom. The predicted molar refractivity (Wildman–Crippen MR) is 130 cm³/mol. The Morgan fingerprint density at radius 1 is 1.03 bits per heavy atom. The average Bonchev–Trinajstić information content (AvgIpc) is 3.27. The highest BCUT2D eigenvalue weighted by Crippen LogP contribution is 2.29. The molecule has 0 radical (unpaired) electrons. The van der Waals surface area contributed by atoms with E-state index in [0.717, 1.165) is 31.7 Å². The molecule has 3 heterocycles. The van der Waals surface area contributed by atoms with E-state index >= 15 is 0 Å². The third-order valence-electron chi connectivity index (χ3n) is 6.00. The molecule has 1 N–H and O–H groups in total. The SMILES string of the molecule is O=C(Nc1nc2c(s1)CN(Cc1ccccc1)CC2)c1ccc(S(=O)(=O)N2CCOCC2)cc1. The molecule has 0 spiro atoms. The molecule has 178 valence electrons. The molecule has 1 amide bonds. The number of fused-ring (bicyclic) bond motifs is 1. The van der Waals surface area contributed by atoms with E-state index < -0.39 is 10.0 Å². The Labute approximate surface area is 203 Å². The molecule has 1 saturated heterocycles. The number of rotatable bonds is 6. The molecular formula is C24H26N4O4S2. The fourth-order valence-electron chi connectivity index (χ4n) is 4.16. The second kappa shape index (κ2) is 9.93. The molecule has 0 atom stereocenters. The van der Waals surface area contributed by atoms with Gasteiger partial charge in [0.15, 0.2) is 5.13 Å². The lowest BCUT2D eigenvalue weighted by Crippen LogP contribution is -2.40. The van der Waals surface area contributed by atoms with Crippen LogP contribution >= 0.6 is 11.3 Å². The topological polar surface area (TPSA) is 91.8 Å². The molecular weight excluding hydrogens is 472 g/mol. The van der Waals surface area contributed by atoms with Gasteiger partial charge >= 0.3 is 0 Å². The highest BCUT2D eigenvalue weighted by molar-refractivity contribution is 7.89. The van der Waals surface area contributed by atoms with Gasteiger partial charge in [-0.1, -0.05) is 30.3 Å². The number of morpholine rings is 1. The predicted octanol–water partition coefficient (Wildman–Crippen LogP) is 2.97. The lowest BCUT2D eigenvalue weighted by atomic mass is 10.1. The molecule has 0 unspecified atom stereocenters. The number of benzene rings is 2. The summed E-state index contributed by atoms with van der Waals surface area (Å²) >= 11 is 1.50. The minimum Gasteiger partial charge on any atom is -0.379 e. The number of anilines is 1. The largest absolute Gasteiger partial charge is 0.379 e. The van der Waals surface area contributed by atoms with E-state index in [0.29, 0.717) is 37.0 Å². The van der Waals surface area contributed by atoms with Gasteiger partial charge in [0.25, 0.3) is 5.91 Å². The normalized spacial score (nSPS) is 17.3. The monoisotopic (exact) mass is 498 g/mol. The van der Waals surface area contributed by atoms with Crippen molar-refractivity contribution in [2.75, 3.05) is 38.2 Å². The Morgan fingerprint density at radius 3 is 2.50 bits per heavy atom. The van der Waals surface area contributed by atoms with Crippen molar-refractivity contribution in [3.05, 3.63) is 76.3 Å². The zero-order valence-electron chi connectivity index (χ0n) is 18.6. The van der Waals surface area contributed by atoms with Gasteiger partial charge in [0.05, 0.1) is 23.8 Å². The number of sulfonamides is 1. The molecule has 1 fully saturated rings. The first-order valence-corrected chi connectivity index (χ1v) is 13.5. The first-order chi connectivity index (χ1) is 16.5. The number of amides is 1. The summed E-state index contributed by atoms with van der Waals surface area (Å²) < 4.78 is 32.2. The number of carbonyl (C=O) groups is 1. The summed E-state index contributed by atoms with van der Waals surface area (Å²) in [5.41, 5.74) is 2.71. The highest BCUT2D eigenvalue weighted by Gasteiger charge is 2.26. The van der Waals surface area contributed by atoms with Crippen LogP contribution in [-0.2, 0) is 34.3 Å². The number of nitrogens with zero attached hydrogens (tertiary/aromatic N) is 3. The molecule has 5 rings (SSSR count). The smallest absolute Gasteiger partial charge is 0.257 e. The zero-order valence-corrected chi connectivity index (χ0v) is 20.3. The van der Waals surface area contributed by atoms with Gasteiger partial charge in [-0.25, -0.2) is 13.4 Å². The number of thiazole rings is 1. The van der Waals surface area contributed by atoms with E-state index in [1.807, 2.05) is 6.07 Å². The second-order valence-electron chi connectivity index (χ2n) is 8.33. The van der Waals surface area contributed by atoms with Gasteiger partial charge in [-0.15, -0.1) is 11.3 Å². The zero-order chi connectivity index (χ0) is 23.5. The molecule has 1 aromatic heterocycles. The van der Waals surface area contributed by atoms with Crippen molar-refractivity contribution in [2.45, 2.75) is 24.4 Å². The number of aromatic nitrogens is 1. The van der Waals surface area contributed by atoms with E-state index in [2.05, 4.69) is 39.5 Å². The first-order valence-electron chi connectivity index (χ1n) is 11.2. The first kappa shape index (κ1) is 23.1. The van der Waals surface area contributed by atoms with Gasteiger partial charge in [-0.2, -0.15) is 4.31 Å². The molecule has 2 aliphatic rings. The fraction of sp³-hybridized carbons (Fsp3) is 0.333. The van der Waals surface area contributed by atoms with Crippen LogP contribution in [0.1, 0.15) is 26.5 Å². The van der Waals surface area contributed by atoms with Crippen LogP contribution in [0.4, 0.5) is 5.13 Å². The molecule has 2 aliphatic heterocycles. The van der Waals surface area contributed by atoms with Crippen LogP contribution in [0.2, 0.25) is 0 Å². The van der Waals surface area contributed by atoms with Gasteiger partial charge in [0.1, 0.15) is 0 Å². The van der Waals surface area contributed by atoms with Gasteiger partial charge < -0.3 is 4.74 Å². The van der Waals surface area contributed by atoms with E-state index in [1.165, 1.54) is 50.3 Å². The molecule has 2 aromatic carbocycles. The molecule has 8 nitrogen and oxygen atoms in total. The van der Waals surface area contributed by atoms with Crippen LogP contribution in [-0.4, -0.2) is 61.4 Å². The summed E-state index contributed by atoms with van der Waals surface area (Å²) in [5, 5.41) is 3.45. The van der Waals surface area contributed by atoms with Crippen LogP contribution < -0.4 is 5.32 Å². The highest BCUT2D eigenvalue weighted by atomic mass is 32.2. The van der Waals surface area contributed by atoms with Crippen molar-refractivity contribution in [3.8, 4) is 0 Å². The quantitative estimate of drug-likeness (QED) is 0.562. The third-order valence-corrected chi connectivity index (χ3v) is 8.91. The van der Waals surface area contributed by atoms with E-state index in [4.69, 9.17) is 4.74 Å². The summed E-state index contributed by atoms with van der Waals surface area (Å²) in [7, 11) is -3.59. The fourth-order valence-corrected chi connectivity index (χ4v) is 6.62. The minimum atomic E-state index is -3.59. The lowest BCUT2D eigenvalue weighted by Gasteiger charge is -2.26. The van der Waals surface area contributed by atoms with Gasteiger partial charge in [0, 0.05) is 49.6 Å². The second-order valence-corrected chi connectivity index (χ2v) is 11.4. The van der Waals surface area contributed by atoms with Crippen LogP contribution in [0.3, 0.4) is 0 Å². The molecule has 3 aromatic rings. The Kier molecular flexibility index (Phi) is 6.75. The van der Waals surface area contributed by atoms with Crippen molar-refractivity contribution < 1.29 is 17.9 Å². The number of hydrogen-bond donors (Lipinski definition) is 1. The number of nitrogens with one attached hydrogen (secondary N) is 1. The Balaban J connectivity index is 1.22. The summed E-state index contributed by atoms with van der Waals surface area (Å²) in [6.07, 6.45) is 0.850.